The molecule has 0 saturated carbocycles. The van der Waals surface area contributed by atoms with Gasteiger partial charge in [0.2, 0.25) is 5.91 Å². The number of para-hydroxylation sites is 2. The van der Waals surface area contributed by atoms with Crippen molar-refractivity contribution < 1.29 is 4.79 Å². The van der Waals surface area contributed by atoms with Crippen molar-refractivity contribution in [1.82, 2.24) is 29.6 Å². The third-order valence-corrected chi connectivity index (χ3v) is 4.62. The van der Waals surface area contributed by atoms with Gasteiger partial charge in [0.05, 0.1) is 23.3 Å². The van der Waals surface area contributed by atoms with Crippen molar-refractivity contribution in [2.75, 3.05) is 6.54 Å². The molecule has 3 heterocycles. The molecule has 0 aliphatic carbocycles. The summed E-state index contributed by atoms with van der Waals surface area (Å²) in [7, 11) is 0. The number of piperidine rings is 1. The van der Waals surface area contributed by atoms with Gasteiger partial charge < -0.3 is 4.90 Å². The Morgan fingerprint density at radius 2 is 2.12 bits per heavy atom. The predicted octanol–water partition coefficient (Wildman–Crippen LogP) is 1.27. The molecule has 1 saturated heterocycles. The molecule has 1 N–H and O–H groups in total. The Hall–Kier alpha value is -3.03. The second kappa shape index (κ2) is 6.46. The number of hydrogen-bond donors (Lipinski definition) is 1. The van der Waals surface area contributed by atoms with Crippen LogP contribution in [0.2, 0.25) is 0 Å². The second-order valence-electron chi connectivity index (χ2n) is 6.14. The summed E-state index contributed by atoms with van der Waals surface area (Å²) in [6.45, 7) is 0.647. The number of fused-ring (bicyclic) bond motifs is 1. The zero-order valence-corrected chi connectivity index (χ0v) is 13.6. The van der Waals surface area contributed by atoms with Crippen LogP contribution in [-0.2, 0) is 11.3 Å². The van der Waals surface area contributed by atoms with Crippen LogP contribution in [0.5, 0.6) is 0 Å². The van der Waals surface area contributed by atoms with Crippen molar-refractivity contribution in [2.45, 2.75) is 31.8 Å². The van der Waals surface area contributed by atoms with E-state index < -0.39 is 0 Å². The molecule has 0 bridgehead atoms. The van der Waals surface area contributed by atoms with E-state index in [1.807, 2.05) is 18.2 Å². The molecule has 128 valence electrons. The number of aromatic amines is 1. The summed E-state index contributed by atoms with van der Waals surface area (Å²) < 4.78 is 1.48. The maximum atomic E-state index is 13.0. The summed E-state index contributed by atoms with van der Waals surface area (Å²) in [6.07, 6.45) is 5.54. The molecule has 1 unspecified atom stereocenters. The molecule has 1 amide bonds. The van der Waals surface area contributed by atoms with Gasteiger partial charge in [0.1, 0.15) is 18.7 Å². The highest BCUT2D eigenvalue weighted by Crippen LogP contribution is 2.28. The van der Waals surface area contributed by atoms with Gasteiger partial charge in [-0.3, -0.25) is 19.3 Å². The van der Waals surface area contributed by atoms with E-state index in [0.717, 1.165) is 19.3 Å². The number of carbonyl (C=O) groups is 1. The van der Waals surface area contributed by atoms with E-state index in [9.17, 15) is 9.59 Å². The van der Waals surface area contributed by atoms with Crippen LogP contribution in [0.4, 0.5) is 0 Å². The first-order valence-electron chi connectivity index (χ1n) is 8.33. The largest absolute Gasteiger partial charge is 0.331 e. The number of amides is 1. The van der Waals surface area contributed by atoms with E-state index >= 15 is 0 Å². The highest BCUT2D eigenvalue weighted by molar-refractivity contribution is 5.80. The molecule has 8 nitrogen and oxygen atoms in total. The Balaban J connectivity index is 1.65. The van der Waals surface area contributed by atoms with Gasteiger partial charge in [0.25, 0.3) is 5.56 Å². The lowest BCUT2D eigenvalue weighted by molar-refractivity contribution is -0.135. The third-order valence-electron chi connectivity index (χ3n) is 4.62. The molecule has 1 aromatic carbocycles. The Morgan fingerprint density at radius 1 is 1.24 bits per heavy atom. The number of carbonyl (C=O) groups excluding carboxylic acids is 1. The van der Waals surface area contributed by atoms with Crippen molar-refractivity contribution in [2.24, 2.45) is 0 Å². The van der Waals surface area contributed by atoms with Gasteiger partial charge in [-0.15, -0.1) is 0 Å². The first kappa shape index (κ1) is 15.5. The highest BCUT2D eigenvalue weighted by Gasteiger charge is 2.30. The fraction of sp³-hybridized carbons (Fsp3) is 0.353. The fourth-order valence-corrected chi connectivity index (χ4v) is 3.39. The highest BCUT2D eigenvalue weighted by atomic mass is 16.2. The summed E-state index contributed by atoms with van der Waals surface area (Å²) in [5.74, 6) is 0.597. The molecule has 2 aromatic heterocycles. The molecule has 4 rings (SSSR count). The van der Waals surface area contributed by atoms with Crippen LogP contribution in [0.15, 0.2) is 41.6 Å². The summed E-state index contributed by atoms with van der Waals surface area (Å²) in [5.41, 5.74) is 1.08. The quantitative estimate of drug-likeness (QED) is 0.776. The van der Waals surface area contributed by atoms with Crippen LogP contribution >= 0.6 is 0 Å². The van der Waals surface area contributed by atoms with Crippen molar-refractivity contribution in [3.8, 4) is 0 Å². The Bertz CT molecular complexity index is 949. The summed E-state index contributed by atoms with van der Waals surface area (Å²) >= 11 is 0. The average Bonchev–Trinajstić information content (AvgIpc) is 3.18. The van der Waals surface area contributed by atoms with Crippen molar-refractivity contribution >= 4 is 16.9 Å². The minimum absolute atomic E-state index is 0.00744. The maximum absolute atomic E-state index is 13.0. The Morgan fingerprint density at radius 3 is 2.96 bits per heavy atom. The molecule has 3 aromatic rings. The first-order chi connectivity index (χ1) is 12.2. The third kappa shape index (κ3) is 2.90. The van der Waals surface area contributed by atoms with Gasteiger partial charge in [-0.25, -0.2) is 9.97 Å². The molecular formula is C17H18N6O2. The van der Waals surface area contributed by atoms with Crippen molar-refractivity contribution in [3.63, 3.8) is 0 Å². The standard InChI is InChI=1S/C17H18N6O2/c24-15-9-18-12-5-1-2-6-13(12)23(15)10-16(25)22-8-4-3-7-14(22)17-19-11-20-21-17/h1-2,5-6,9,11,14H,3-4,7-8,10H2,(H,19,20,21). The molecule has 1 aliphatic heterocycles. The van der Waals surface area contributed by atoms with Gasteiger partial charge in [0, 0.05) is 6.54 Å². The minimum Gasteiger partial charge on any atom is -0.331 e. The molecule has 0 radical (unpaired) electrons. The van der Waals surface area contributed by atoms with E-state index in [1.165, 1.54) is 17.1 Å². The van der Waals surface area contributed by atoms with E-state index in [-0.39, 0.29) is 24.1 Å². The monoisotopic (exact) mass is 338 g/mol. The van der Waals surface area contributed by atoms with Gasteiger partial charge in [-0.2, -0.15) is 5.10 Å². The number of nitrogens with zero attached hydrogens (tertiary/aromatic N) is 5. The van der Waals surface area contributed by atoms with Gasteiger partial charge in [-0.05, 0) is 31.4 Å². The fourth-order valence-electron chi connectivity index (χ4n) is 3.39. The van der Waals surface area contributed by atoms with Crippen LogP contribution in [0.3, 0.4) is 0 Å². The number of hydrogen-bond acceptors (Lipinski definition) is 5. The number of rotatable bonds is 3. The molecule has 8 heteroatoms. The first-order valence-corrected chi connectivity index (χ1v) is 8.33. The van der Waals surface area contributed by atoms with E-state index in [1.54, 1.807) is 11.0 Å². The molecule has 1 atom stereocenters. The molecule has 25 heavy (non-hydrogen) atoms. The second-order valence-corrected chi connectivity index (χ2v) is 6.14. The number of H-pyrrole nitrogens is 1. The van der Waals surface area contributed by atoms with Crippen molar-refractivity contribution in [3.05, 3.63) is 53.0 Å². The smallest absolute Gasteiger partial charge is 0.269 e. The summed E-state index contributed by atoms with van der Waals surface area (Å²) in [4.78, 5) is 35.4. The van der Waals surface area contributed by atoms with Gasteiger partial charge in [-0.1, -0.05) is 12.1 Å². The number of benzene rings is 1. The molecule has 0 spiro atoms. The zero-order chi connectivity index (χ0) is 17.2. The summed E-state index contributed by atoms with van der Waals surface area (Å²) in [5, 5.41) is 6.76. The van der Waals surface area contributed by atoms with E-state index in [2.05, 4.69) is 20.2 Å². The number of likely N-dealkylation sites (tertiary alicyclic amines) is 1. The zero-order valence-electron chi connectivity index (χ0n) is 13.6. The normalized spacial score (nSPS) is 17.8. The van der Waals surface area contributed by atoms with Crippen LogP contribution in [0, 0.1) is 0 Å². The van der Waals surface area contributed by atoms with Crippen molar-refractivity contribution in [1.29, 1.82) is 0 Å². The number of nitrogens with one attached hydrogen (secondary N) is 1. The molecule has 1 fully saturated rings. The predicted molar refractivity (Wildman–Crippen MR) is 90.7 cm³/mol. The Kier molecular flexibility index (Phi) is 4.01. The topological polar surface area (TPSA) is 96.8 Å². The summed E-state index contributed by atoms with van der Waals surface area (Å²) in [6, 6.07) is 7.21. The molecule has 1 aliphatic rings. The maximum Gasteiger partial charge on any atom is 0.269 e. The van der Waals surface area contributed by atoms with Gasteiger partial charge >= 0.3 is 0 Å². The molecular weight excluding hydrogens is 320 g/mol. The SMILES string of the molecule is O=C(Cn1c(=O)cnc2ccccc21)N1CCCCC1c1ncn[nH]1. The lowest BCUT2D eigenvalue weighted by atomic mass is 10.0. The van der Waals surface area contributed by atoms with Crippen LogP contribution in [0.25, 0.3) is 11.0 Å². The lowest BCUT2D eigenvalue weighted by Gasteiger charge is -2.34. The van der Waals surface area contributed by atoms with E-state index in [4.69, 9.17) is 0 Å². The van der Waals surface area contributed by atoms with Crippen LogP contribution in [0.1, 0.15) is 31.1 Å². The minimum atomic E-state index is -0.278. The lowest BCUT2D eigenvalue weighted by Crippen LogP contribution is -2.42. The van der Waals surface area contributed by atoms with E-state index in [0.29, 0.717) is 23.4 Å². The van der Waals surface area contributed by atoms with Gasteiger partial charge in [0.15, 0.2) is 0 Å². The average molecular weight is 338 g/mol. The number of aromatic nitrogens is 5. The van der Waals surface area contributed by atoms with Crippen LogP contribution in [-0.4, -0.2) is 42.1 Å². The van der Waals surface area contributed by atoms with Crippen LogP contribution < -0.4 is 5.56 Å². The Labute approximate surface area is 143 Å².